The fourth-order valence-corrected chi connectivity index (χ4v) is 2.91. The van der Waals surface area contributed by atoms with Gasteiger partial charge < -0.3 is 5.32 Å². The average Bonchev–Trinajstić information content (AvgIpc) is 2.32. The van der Waals surface area contributed by atoms with E-state index in [0.29, 0.717) is 0 Å². The summed E-state index contributed by atoms with van der Waals surface area (Å²) in [5.41, 5.74) is 3.76. The maximum atomic E-state index is 12.1. The molecular formula is C15H22N2O3S. The molecule has 0 bridgehead atoms. The number of anilines is 1. The van der Waals surface area contributed by atoms with E-state index in [1.54, 1.807) is 0 Å². The average molecular weight is 310 g/mol. The molecule has 1 rings (SSSR count). The lowest BCUT2D eigenvalue weighted by molar-refractivity contribution is -0.116. The van der Waals surface area contributed by atoms with Gasteiger partial charge in [0.2, 0.25) is 15.9 Å². The molecule has 0 heterocycles. The van der Waals surface area contributed by atoms with Crippen molar-refractivity contribution in [2.24, 2.45) is 0 Å². The Bertz CT molecular complexity index is 628. The van der Waals surface area contributed by atoms with Crippen molar-refractivity contribution in [3.63, 3.8) is 0 Å². The van der Waals surface area contributed by atoms with Gasteiger partial charge in [0.05, 0.1) is 12.8 Å². The molecule has 0 radical (unpaired) electrons. The molecule has 0 atom stereocenters. The molecule has 5 nitrogen and oxygen atoms in total. The summed E-state index contributed by atoms with van der Waals surface area (Å²) in [5.74, 6) is -0.364. The van der Waals surface area contributed by atoms with E-state index in [9.17, 15) is 13.2 Å². The van der Waals surface area contributed by atoms with Crippen LogP contribution in [-0.2, 0) is 14.8 Å². The third-order valence-corrected chi connectivity index (χ3v) is 4.28. The Labute approximate surface area is 126 Å². The molecule has 0 saturated heterocycles. The predicted octanol–water partition coefficient (Wildman–Crippen LogP) is 2.00. The van der Waals surface area contributed by atoms with E-state index in [0.717, 1.165) is 32.9 Å². The van der Waals surface area contributed by atoms with Crippen LogP contribution in [0.15, 0.2) is 24.8 Å². The number of nitrogens with zero attached hydrogens (tertiary/aromatic N) is 1. The van der Waals surface area contributed by atoms with E-state index >= 15 is 0 Å². The molecule has 0 fully saturated rings. The molecule has 0 saturated carbocycles. The van der Waals surface area contributed by atoms with Crippen LogP contribution in [0.4, 0.5) is 5.69 Å². The number of nitrogens with one attached hydrogen (secondary N) is 1. The Balaban J connectivity index is 2.89. The number of benzene rings is 1. The summed E-state index contributed by atoms with van der Waals surface area (Å²) < 4.78 is 24.2. The Kier molecular flexibility index (Phi) is 5.69. The van der Waals surface area contributed by atoms with Crippen molar-refractivity contribution in [1.29, 1.82) is 0 Å². The van der Waals surface area contributed by atoms with Crippen LogP contribution >= 0.6 is 0 Å². The number of hydrogen-bond donors (Lipinski definition) is 1. The smallest absolute Gasteiger partial charge is 0.239 e. The highest BCUT2D eigenvalue weighted by Crippen LogP contribution is 2.21. The van der Waals surface area contributed by atoms with E-state index in [1.807, 2.05) is 32.9 Å². The van der Waals surface area contributed by atoms with Gasteiger partial charge in [-0.25, -0.2) is 8.42 Å². The lowest BCUT2D eigenvalue weighted by atomic mass is 10.1. The number of sulfonamides is 1. The van der Waals surface area contributed by atoms with E-state index in [2.05, 4.69) is 11.9 Å². The summed E-state index contributed by atoms with van der Waals surface area (Å²) in [6.07, 6.45) is 2.53. The van der Waals surface area contributed by atoms with Gasteiger partial charge in [-0.3, -0.25) is 4.79 Å². The highest BCUT2D eigenvalue weighted by atomic mass is 32.2. The molecule has 1 amide bonds. The van der Waals surface area contributed by atoms with E-state index < -0.39 is 10.0 Å². The summed E-state index contributed by atoms with van der Waals surface area (Å²) in [5, 5.41) is 2.79. The van der Waals surface area contributed by atoms with Gasteiger partial charge in [-0.2, -0.15) is 4.31 Å². The minimum Gasteiger partial charge on any atom is -0.324 e. The summed E-state index contributed by atoms with van der Waals surface area (Å²) in [6.45, 7) is 9.20. The molecule has 0 aliphatic carbocycles. The molecular weight excluding hydrogens is 288 g/mol. The summed E-state index contributed by atoms with van der Waals surface area (Å²) in [6, 6.07) is 3.95. The third kappa shape index (κ3) is 4.99. The van der Waals surface area contributed by atoms with Gasteiger partial charge in [0.15, 0.2) is 0 Å². The van der Waals surface area contributed by atoms with Crippen LogP contribution in [-0.4, -0.2) is 38.0 Å². The first-order valence-electron chi connectivity index (χ1n) is 6.59. The zero-order valence-electron chi connectivity index (χ0n) is 12.9. The van der Waals surface area contributed by atoms with Crippen molar-refractivity contribution in [3.05, 3.63) is 41.5 Å². The molecule has 0 aliphatic rings. The lowest BCUT2D eigenvalue weighted by Crippen LogP contribution is -2.37. The molecule has 116 valence electrons. The number of carbonyl (C=O) groups excluding carboxylic acids is 1. The molecule has 1 aromatic carbocycles. The highest BCUT2D eigenvalue weighted by Gasteiger charge is 2.19. The maximum absolute atomic E-state index is 12.1. The highest BCUT2D eigenvalue weighted by molar-refractivity contribution is 7.88. The fourth-order valence-electron chi connectivity index (χ4n) is 2.18. The van der Waals surface area contributed by atoms with Gasteiger partial charge in [-0.05, 0) is 31.9 Å². The van der Waals surface area contributed by atoms with Crippen molar-refractivity contribution in [2.75, 3.05) is 24.7 Å². The van der Waals surface area contributed by atoms with Crippen LogP contribution in [0.25, 0.3) is 0 Å². The van der Waals surface area contributed by atoms with Crippen LogP contribution in [0.3, 0.4) is 0 Å². The van der Waals surface area contributed by atoms with Gasteiger partial charge in [-0.15, -0.1) is 6.58 Å². The minimum atomic E-state index is -3.44. The first-order chi connectivity index (χ1) is 9.65. The van der Waals surface area contributed by atoms with Gasteiger partial charge in [0.25, 0.3) is 0 Å². The third-order valence-electron chi connectivity index (χ3n) is 3.06. The van der Waals surface area contributed by atoms with E-state index in [-0.39, 0.29) is 19.0 Å². The standard InChI is InChI=1S/C15H22N2O3S/c1-6-7-17(21(5,19)20)10-14(18)16-15-12(3)8-11(2)9-13(15)4/h6,8-9H,1,7,10H2,2-5H3,(H,16,18). The Hall–Kier alpha value is -1.66. The van der Waals surface area contributed by atoms with Crippen molar-refractivity contribution in [3.8, 4) is 0 Å². The molecule has 0 aromatic heterocycles. The number of aryl methyl sites for hydroxylation is 3. The van der Waals surface area contributed by atoms with Gasteiger partial charge >= 0.3 is 0 Å². The Morgan fingerprint density at radius 2 is 1.81 bits per heavy atom. The zero-order chi connectivity index (χ0) is 16.2. The molecule has 6 heteroatoms. The monoisotopic (exact) mass is 310 g/mol. The van der Waals surface area contributed by atoms with E-state index in [4.69, 9.17) is 0 Å². The number of hydrogen-bond acceptors (Lipinski definition) is 3. The normalized spacial score (nSPS) is 11.5. The van der Waals surface area contributed by atoms with Crippen LogP contribution in [0.2, 0.25) is 0 Å². The van der Waals surface area contributed by atoms with Crippen LogP contribution in [0.5, 0.6) is 0 Å². The second-order valence-corrected chi connectivity index (χ2v) is 7.15. The lowest BCUT2D eigenvalue weighted by Gasteiger charge is -2.19. The quantitative estimate of drug-likeness (QED) is 0.817. The fraction of sp³-hybridized carbons (Fsp3) is 0.400. The number of carbonyl (C=O) groups is 1. The molecule has 0 spiro atoms. The molecule has 1 N–H and O–H groups in total. The minimum absolute atomic E-state index is 0.109. The number of amides is 1. The van der Waals surface area contributed by atoms with Gasteiger partial charge in [-0.1, -0.05) is 23.8 Å². The van der Waals surface area contributed by atoms with Crippen LogP contribution in [0, 0.1) is 20.8 Å². The molecule has 1 aromatic rings. The maximum Gasteiger partial charge on any atom is 0.239 e. The summed E-state index contributed by atoms with van der Waals surface area (Å²) in [4.78, 5) is 12.1. The van der Waals surface area contributed by atoms with E-state index in [1.165, 1.54) is 6.08 Å². The van der Waals surface area contributed by atoms with Crippen LogP contribution in [0.1, 0.15) is 16.7 Å². The van der Waals surface area contributed by atoms with Crippen molar-refractivity contribution in [1.82, 2.24) is 4.31 Å². The molecule has 0 unspecified atom stereocenters. The molecule has 0 aliphatic heterocycles. The van der Waals surface area contributed by atoms with Crippen molar-refractivity contribution < 1.29 is 13.2 Å². The molecule has 21 heavy (non-hydrogen) atoms. The summed E-state index contributed by atoms with van der Waals surface area (Å²) in [7, 11) is -3.44. The van der Waals surface area contributed by atoms with Crippen molar-refractivity contribution in [2.45, 2.75) is 20.8 Å². The second kappa shape index (κ2) is 6.87. The summed E-state index contributed by atoms with van der Waals surface area (Å²) >= 11 is 0. The number of rotatable bonds is 6. The van der Waals surface area contributed by atoms with Gasteiger partial charge in [0, 0.05) is 12.2 Å². The van der Waals surface area contributed by atoms with Crippen molar-refractivity contribution >= 4 is 21.6 Å². The first-order valence-corrected chi connectivity index (χ1v) is 8.43. The zero-order valence-corrected chi connectivity index (χ0v) is 13.8. The predicted molar refractivity (Wildman–Crippen MR) is 85.9 cm³/mol. The largest absolute Gasteiger partial charge is 0.324 e. The topological polar surface area (TPSA) is 66.5 Å². The Morgan fingerprint density at radius 3 is 2.24 bits per heavy atom. The Morgan fingerprint density at radius 1 is 1.29 bits per heavy atom. The SMILES string of the molecule is C=CCN(CC(=O)Nc1c(C)cc(C)cc1C)S(C)(=O)=O. The first kappa shape index (κ1) is 17.4. The van der Waals surface area contributed by atoms with Gasteiger partial charge in [0.1, 0.15) is 0 Å². The second-order valence-electron chi connectivity index (χ2n) is 5.17. The van der Waals surface area contributed by atoms with Crippen LogP contribution < -0.4 is 5.32 Å².